The molecule has 5 nitrogen and oxygen atoms in total. The number of carbonyl (C=O) groups is 2. The molecule has 162 valence electrons. The molecule has 3 rings (SSSR count). The van der Waals surface area contributed by atoms with Crippen LogP contribution in [-0.2, 0) is 15.8 Å². The van der Waals surface area contributed by atoms with Crippen LogP contribution in [0.25, 0.3) is 6.08 Å². The van der Waals surface area contributed by atoms with E-state index < -0.39 is 23.6 Å². The van der Waals surface area contributed by atoms with Gasteiger partial charge in [0.2, 0.25) is 0 Å². The molecule has 0 aliphatic carbocycles. The summed E-state index contributed by atoms with van der Waals surface area (Å²) < 4.78 is 44.7. The Balaban J connectivity index is 1.98. The van der Waals surface area contributed by atoms with Gasteiger partial charge in [-0.3, -0.25) is 19.8 Å². The first-order valence-corrected chi connectivity index (χ1v) is 9.81. The average molecular weight is 469 g/mol. The third-order valence-electron chi connectivity index (χ3n) is 4.16. The smallest absolute Gasteiger partial charge is 0.416 e. The minimum absolute atomic E-state index is 0.102. The minimum atomic E-state index is -4.60. The fraction of sp³-hybridized carbons (Fsp3) is 0.190. The van der Waals surface area contributed by atoms with E-state index in [-0.39, 0.29) is 27.5 Å². The Morgan fingerprint density at radius 2 is 1.87 bits per heavy atom. The van der Waals surface area contributed by atoms with Crippen molar-refractivity contribution in [2.75, 3.05) is 4.90 Å². The third-order valence-corrected chi connectivity index (χ3v) is 4.74. The van der Waals surface area contributed by atoms with Crippen LogP contribution in [0, 0.1) is 0 Å². The van der Waals surface area contributed by atoms with Crippen molar-refractivity contribution in [1.29, 1.82) is 0 Å². The van der Waals surface area contributed by atoms with Gasteiger partial charge in [-0.25, -0.2) is 0 Å². The zero-order valence-electron chi connectivity index (χ0n) is 16.3. The van der Waals surface area contributed by atoms with Gasteiger partial charge in [-0.05, 0) is 68.0 Å². The van der Waals surface area contributed by atoms with Gasteiger partial charge >= 0.3 is 6.18 Å². The number of nitrogens with zero attached hydrogens (tertiary/aromatic N) is 1. The predicted molar refractivity (Wildman–Crippen MR) is 115 cm³/mol. The summed E-state index contributed by atoms with van der Waals surface area (Å²) in [6.07, 6.45) is -3.42. The number of benzene rings is 2. The van der Waals surface area contributed by atoms with Crippen LogP contribution < -0.4 is 15.0 Å². The number of halogens is 4. The monoisotopic (exact) mass is 468 g/mol. The Morgan fingerprint density at radius 1 is 1.16 bits per heavy atom. The molecular weight excluding hydrogens is 453 g/mol. The normalized spacial score (nSPS) is 16.2. The van der Waals surface area contributed by atoms with Crippen LogP contribution in [0.3, 0.4) is 0 Å². The first-order valence-electron chi connectivity index (χ1n) is 9.02. The maximum Gasteiger partial charge on any atom is 0.416 e. The topological polar surface area (TPSA) is 58.6 Å². The molecule has 2 amide bonds. The molecule has 10 heteroatoms. The molecule has 0 spiro atoms. The van der Waals surface area contributed by atoms with Gasteiger partial charge in [-0.1, -0.05) is 23.7 Å². The highest BCUT2D eigenvalue weighted by Crippen LogP contribution is 2.33. The second-order valence-corrected chi connectivity index (χ2v) is 7.66. The SMILES string of the molecule is CC(C)Oc1ccc(/C=C2\C(=O)NC(=S)N(c3cccc(C(F)(F)F)c3)C2=O)cc1Cl. The summed E-state index contributed by atoms with van der Waals surface area (Å²) >= 11 is 11.2. The lowest BCUT2D eigenvalue weighted by molar-refractivity contribution is -0.137. The fourth-order valence-electron chi connectivity index (χ4n) is 2.84. The van der Waals surface area contributed by atoms with E-state index in [0.29, 0.717) is 11.3 Å². The minimum Gasteiger partial charge on any atom is -0.489 e. The van der Waals surface area contributed by atoms with Crippen molar-refractivity contribution in [3.63, 3.8) is 0 Å². The van der Waals surface area contributed by atoms with E-state index in [1.807, 2.05) is 13.8 Å². The molecule has 1 aliphatic rings. The Bertz CT molecular complexity index is 1100. The number of ether oxygens (including phenoxy) is 1. The van der Waals surface area contributed by atoms with Gasteiger partial charge in [0, 0.05) is 0 Å². The molecule has 31 heavy (non-hydrogen) atoms. The highest BCUT2D eigenvalue weighted by molar-refractivity contribution is 7.80. The van der Waals surface area contributed by atoms with Crippen LogP contribution in [-0.4, -0.2) is 23.0 Å². The predicted octanol–water partition coefficient (Wildman–Crippen LogP) is 4.98. The van der Waals surface area contributed by atoms with Gasteiger partial charge in [0.05, 0.1) is 22.4 Å². The van der Waals surface area contributed by atoms with Gasteiger partial charge < -0.3 is 4.74 Å². The summed E-state index contributed by atoms with van der Waals surface area (Å²) in [4.78, 5) is 26.2. The zero-order valence-corrected chi connectivity index (χ0v) is 17.9. The highest BCUT2D eigenvalue weighted by atomic mass is 35.5. The molecule has 2 aromatic carbocycles. The van der Waals surface area contributed by atoms with Crippen molar-refractivity contribution < 1.29 is 27.5 Å². The Hall–Kier alpha value is -2.91. The number of carbonyl (C=O) groups excluding carboxylic acids is 2. The van der Waals surface area contributed by atoms with Crippen LogP contribution >= 0.6 is 23.8 Å². The molecule has 0 aromatic heterocycles. The van der Waals surface area contributed by atoms with E-state index in [2.05, 4.69) is 5.32 Å². The quantitative estimate of drug-likeness (QED) is 0.391. The maximum absolute atomic E-state index is 13.1. The molecule has 1 heterocycles. The van der Waals surface area contributed by atoms with Crippen molar-refractivity contribution in [1.82, 2.24) is 5.32 Å². The van der Waals surface area contributed by atoms with E-state index in [0.717, 1.165) is 23.1 Å². The number of rotatable bonds is 4. The molecule has 0 bridgehead atoms. The summed E-state index contributed by atoms with van der Waals surface area (Å²) in [7, 11) is 0. The number of hydrogen-bond acceptors (Lipinski definition) is 4. The summed E-state index contributed by atoms with van der Waals surface area (Å²) in [5, 5.41) is 2.29. The van der Waals surface area contributed by atoms with Gasteiger partial charge in [0.1, 0.15) is 11.3 Å². The lowest BCUT2D eigenvalue weighted by atomic mass is 10.1. The molecule has 1 N–H and O–H groups in total. The molecule has 1 fully saturated rings. The molecule has 0 saturated carbocycles. The molecule has 0 unspecified atom stereocenters. The summed E-state index contributed by atoms with van der Waals surface area (Å²) in [6, 6.07) is 8.81. The molecule has 2 aromatic rings. The van der Waals surface area contributed by atoms with E-state index in [4.69, 9.17) is 28.6 Å². The Labute approximate surface area is 186 Å². The Morgan fingerprint density at radius 3 is 2.48 bits per heavy atom. The average Bonchev–Trinajstić information content (AvgIpc) is 2.66. The number of amides is 2. The molecule has 1 aliphatic heterocycles. The second-order valence-electron chi connectivity index (χ2n) is 6.86. The van der Waals surface area contributed by atoms with Crippen LogP contribution in [0.2, 0.25) is 5.02 Å². The van der Waals surface area contributed by atoms with Gasteiger partial charge in [-0.2, -0.15) is 13.2 Å². The van der Waals surface area contributed by atoms with Crippen LogP contribution in [0.15, 0.2) is 48.0 Å². The first-order chi connectivity index (χ1) is 14.5. The maximum atomic E-state index is 13.1. The van der Waals surface area contributed by atoms with Gasteiger partial charge in [-0.15, -0.1) is 0 Å². The number of alkyl halides is 3. The second kappa shape index (κ2) is 8.68. The molecule has 0 atom stereocenters. The lowest BCUT2D eigenvalue weighted by Gasteiger charge is -2.29. The van der Waals surface area contributed by atoms with Gasteiger partial charge in [0.15, 0.2) is 5.11 Å². The number of hydrogen-bond donors (Lipinski definition) is 1. The summed E-state index contributed by atoms with van der Waals surface area (Å²) in [5.41, 5.74) is -0.944. The molecule has 0 radical (unpaired) electrons. The molecule has 1 saturated heterocycles. The fourth-order valence-corrected chi connectivity index (χ4v) is 3.35. The number of nitrogens with one attached hydrogen (secondary N) is 1. The highest BCUT2D eigenvalue weighted by Gasteiger charge is 2.36. The largest absolute Gasteiger partial charge is 0.489 e. The van der Waals surface area contributed by atoms with Crippen molar-refractivity contribution >= 4 is 52.5 Å². The first kappa shape index (κ1) is 22.8. The van der Waals surface area contributed by atoms with Crippen LogP contribution in [0.4, 0.5) is 18.9 Å². The zero-order chi connectivity index (χ0) is 22.9. The van der Waals surface area contributed by atoms with Crippen molar-refractivity contribution in [2.24, 2.45) is 0 Å². The summed E-state index contributed by atoms with van der Waals surface area (Å²) in [6.45, 7) is 3.67. The van der Waals surface area contributed by atoms with Crippen LogP contribution in [0.1, 0.15) is 25.0 Å². The lowest BCUT2D eigenvalue weighted by Crippen LogP contribution is -2.54. The standard InChI is InChI=1S/C21H16ClF3N2O3S/c1-11(2)30-17-7-6-12(9-16(17)22)8-15-18(28)26-20(31)27(19(15)29)14-5-3-4-13(10-14)21(23,24)25/h3-11H,1-2H3,(H,26,28,31)/b15-8+. The van der Waals surface area contributed by atoms with E-state index in [1.54, 1.807) is 12.1 Å². The summed E-state index contributed by atoms with van der Waals surface area (Å²) in [5.74, 6) is -1.19. The number of anilines is 1. The van der Waals surface area contributed by atoms with Crippen molar-refractivity contribution in [3.05, 3.63) is 64.2 Å². The van der Waals surface area contributed by atoms with E-state index >= 15 is 0 Å². The van der Waals surface area contributed by atoms with Gasteiger partial charge in [0.25, 0.3) is 11.8 Å². The third kappa shape index (κ3) is 5.05. The van der Waals surface area contributed by atoms with Crippen LogP contribution in [0.5, 0.6) is 5.75 Å². The van der Waals surface area contributed by atoms with E-state index in [1.165, 1.54) is 18.2 Å². The van der Waals surface area contributed by atoms with E-state index in [9.17, 15) is 22.8 Å². The van der Waals surface area contributed by atoms with Crippen molar-refractivity contribution in [3.8, 4) is 5.75 Å². The number of thiocarbonyl (C=S) groups is 1. The Kier molecular flexibility index (Phi) is 6.38. The molecular formula is C21H16ClF3N2O3S. The van der Waals surface area contributed by atoms with Crippen molar-refractivity contribution in [2.45, 2.75) is 26.1 Å².